The first-order valence-corrected chi connectivity index (χ1v) is 9.53. The maximum atomic E-state index is 12.7. The van der Waals surface area contributed by atoms with Gasteiger partial charge in [-0.25, -0.2) is 0 Å². The Balaban J connectivity index is 1.48. The fraction of sp³-hybridized carbons (Fsp3) is 0.409. The largest absolute Gasteiger partial charge is 0.416 e. The van der Waals surface area contributed by atoms with Gasteiger partial charge in [0.05, 0.1) is 11.6 Å². The molecule has 0 radical (unpaired) electrons. The molecule has 1 amide bonds. The maximum absolute atomic E-state index is 12.7. The molecule has 3 nitrogen and oxygen atoms in total. The van der Waals surface area contributed by atoms with Crippen LogP contribution < -0.4 is 0 Å². The van der Waals surface area contributed by atoms with Crippen LogP contribution in [0.3, 0.4) is 0 Å². The van der Waals surface area contributed by atoms with Gasteiger partial charge in [0, 0.05) is 39.0 Å². The fourth-order valence-corrected chi connectivity index (χ4v) is 4.73. The van der Waals surface area contributed by atoms with Crippen molar-refractivity contribution in [3.05, 3.63) is 71.3 Å². The van der Waals surface area contributed by atoms with Crippen molar-refractivity contribution in [1.29, 1.82) is 0 Å². The monoisotopic (exact) mass is 388 g/mol. The molecule has 0 spiro atoms. The molecule has 6 heteroatoms. The number of carbonyl (C=O) groups is 1. The third-order valence-corrected chi connectivity index (χ3v) is 5.97. The minimum absolute atomic E-state index is 0.0707. The highest BCUT2D eigenvalue weighted by molar-refractivity contribution is 5.74. The first kappa shape index (κ1) is 19.0. The molecule has 2 aliphatic heterocycles. The zero-order chi connectivity index (χ0) is 19.9. The lowest BCUT2D eigenvalue weighted by molar-refractivity contribution is -0.137. The summed E-state index contributed by atoms with van der Waals surface area (Å²) < 4.78 is 38.2. The van der Waals surface area contributed by atoms with E-state index in [2.05, 4.69) is 17.0 Å². The molecule has 0 saturated carbocycles. The van der Waals surface area contributed by atoms with Gasteiger partial charge < -0.3 is 4.90 Å². The van der Waals surface area contributed by atoms with E-state index in [0.29, 0.717) is 18.4 Å². The summed E-state index contributed by atoms with van der Waals surface area (Å²) in [6.45, 7) is 4.70. The zero-order valence-electron chi connectivity index (χ0n) is 15.7. The number of benzene rings is 2. The highest BCUT2D eigenvalue weighted by Crippen LogP contribution is 2.45. The average Bonchev–Trinajstić information content (AvgIpc) is 3.19. The summed E-state index contributed by atoms with van der Waals surface area (Å²) >= 11 is 0. The third kappa shape index (κ3) is 3.65. The van der Waals surface area contributed by atoms with Crippen LogP contribution in [0.25, 0.3) is 0 Å². The van der Waals surface area contributed by atoms with Crippen molar-refractivity contribution in [3.63, 3.8) is 0 Å². The highest BCUT2D eigenvalue weighted by Gasteiger charge is 2.48. The first-order valence-electron chi connectivity index (χ1n) is 9.53. The van der Waals surface area contributed by atoms with E-state index in [1.165, 1.54) is 0 Å². The van der Waals surface area contributed by atoms with Crippen molar-refractivity contribution >= 4 is 5.91 Å². The summed E-state index contributed by atoms with van der Waals surface area (Å²) in [7, 11) is 0. The Morgan fingerprint density at radius 1 is 1.00 bits per heavy atom. The lowest BCUT2D eigenvalue weighted by atomic mass is 9.89. The number of nitrogens with zero attached hydrogens (tertiary/aromatic N) is 2. The summed E-state index contributed by atoms with van der Waals surface area (Å²) in [5.74, 6) is 0.835. The lowest BCUT2D eigenvalue weighted by Gasteiger charge is -2.29. The van der Waals surface area contributed by atoms with Gasteiger partial charge in [-0.15, -0.1) is 0 Å². The molecule has 0 aliphatic carbocycles. The molecule has 2 fully saturated rings. The minimum atomic E-state index is -4.30. The van der Waals surface area contributed by atoms with Crippen LogP contribution in [-0.4, -0.2) is 35.3 Å². The van der Waals surface area contributed by atoms with E-state index in [9.17, 15) is 18.0 Å². The Morgan fingerprint density at radius 2 is 1.68 bits per heavy atom. The molecule has 0 bridgehead atoms. The van der Waals surface area contributed by atoms with Gasteiger partial charge in [-0.3, -0.25) is 9.69 Å². The zero-order valence-corrected chi connectivity index (χ0v) is 15.7. The van der Waals surface area contributed by atoms with Crippen molar-refractivity contribution in [2.24, 2.45) is 11.8 Å². The van der Waals surface area contributed by atoms with E-state index in [4.69, 9.17) is 0 Å². The van der Waals surface area contributed by atoms with Crippen molar-refractivity contribution in [2.45, 2.75) is 25.7 Å². The fourth-order valence-electron chi connectivity index (χ4n) is 4.73. The molecular formula is C22H23F3N2O. The van der Waals surface area contributed by atoms with Gasteiger partial charge in [-0.1, -0.05) is 42.5 Å². The standard InChI is InChI=1S/C22H23F3N2O/c1-15(28)27-13-18-12-26(11-16-7-9-19(10-8-16)22(23,24)25)14-20(18)21(27)17-5-3-2-4-6-17/h2-10,18,20-21H,11-14H2,1H3/t18-,20-,21+/m1/s1. The summed E-state index contributed by atoms with van der Waals surface area (Å²) in [6, 6.07) is 15.6. The van der Waals surface area contributed by atoms with E-state index in [1.807, 2.05) is 23.1 Å². The van der Waals surface area contributed by atoms with E-state index in [0.717, 1.165) is 42.9 Å². The number of rotatable bonds is 3. The van der Waals surface area contributed by atoms with E-state index < -0.39 is 11.7 Å². The van der Waals surface area contributed by atoms with Gasteiger partial charge in [0.25, 0.3) is 0 Å². The van der Waals surface area contributed by atoms with E-state index >= 15 is 0 Å². The molecule has 0 aromatic heterocycles. The molecular weight excluding hydrogens is 365 g/mol. The third-order valence-electron chi connectivity index (χ3n) is 5.97. The molecule has 2 aromatic rings. The van der Waals surface area contributed by atoms with Gasteiger partial charge >= 0.3 is 6.18 Å². The summed E-state index contributed by atoms with van der Waals surface area (Å²) in [6.07, 6.45) is -4.30. The number of likely N-dealkylation sites (tertiary alicyclic amines) is 2. The Labute approximate surface area is 162 Å². The smallest absolute Gasteiger partial charge is 0.335 e. The van der Waals surface area contributed by atoms with Crippen LogP contribution in [0.1, 0.15) is 29.7 Å². The van der Waals surface area contributed by atoms with Crippen LogP contribution in [0.2, 0.25) is 0 Å². The second kappa shape index (κ2) is 7.24. The topological polar surface area (TPSA) is 23.6 Å². The Hall–Kier alpha value is -2.34. The second-order valence-corrected chi connectivity index (χ2v) is 7.84. The normalized spacial score (nSPS) is 25.1. The van der Waals surface area contributed by atoms with Gasteiger partial charge in [0.15, 0.2) is 0 Å². The molecule has 148 valence electrons. The predicted molar refractivity (Wildman–Crippen MR) is 100 cm³/mol. The molecule has 3 atom stereocenters. The van der Waals surface area contributed by atoms with Crippen molar-refractivity contribution in [2.75, 3.05) is 19.6 Å². The van der Waals surface area contributed by atoms with Gasteiger partial charge in [0.2, 0.25) is 5.91 Å². The maximum Gasteiger partial charge on any atom is 0.416 e. The van der Waals surface area contributed by atoms with Crippen molar-refractivity contribution in [1.82, 2.24) is 9.80 Å². The van der Waals surface area contributed by atoms with Crippen LogP contribution in [0.5, 0.6) is 0 Å². The number of hydrogen-bond donors (Lipinski definition) is 0. The van der Waals surface area contributed by atoms with Crippen LogP contribution in [0.15, 0.2) is 54.6 Å². The van der Waals surface area contributed by atoms with E-state index in [-0.39, 0.29) is 11.9 Å². The SMILES string of the molecule is CC(=O)N1C[C@H]2CN(Cc3ccc(C(F)(F)F)cc3)C[C@H]2[C@@H]1c1ccccc1. The summed E-state index contributed by atoms with van der Waals surface area (Å²) in [5, 5.41) is 0. The minimum Gasteiger partial charge on any atom is -0.335 e. The first-order chi connectivity index (χ1) is 13.3. The van der Waals surface area contributed by atoms with Gasteiger partial charge in [-0.2, -0.15) is 13.2 Å². The number of halogens is 3. The molecule has 0 N–H and O–H groups in total. The van der Waals surface area contributed by atoms with E-state index in [1.54, 1.807) is 19.1 Å². The quantitative estimate of drug-likeness (QED) is 0.780. The second-order valence-electron chi connectivity index (χ2n) is 7.84. The lowest BCUT2D eigenvalue weighted by Crippen LogP contribution is -2.34. The Bertz CT molecular complexity index is 835. The molecule has 4 rings (SSSR count). The summed E-state index contributed by atoms with van der Waals surface area (Å²) in [4.78, 5) is 16.4. The number of alkyl halides is 3. The van der Waals surface area contributed by atoms with Crippen LogP contribution >= 0.6 is 0 Å². The molecule has 2 aromatic carbocycles. The summed E-state index contributed by atoms with van der Waals surface area (Å²) in [5.41, 5.74) is 1.42. The highest BCUT2D eigenvalue weighted by atomic mass is 19.4. The van der Waals surface area contributed by atoms with Crippen molar-refractivity contribution in [3.8, 4) is 0 Å². The molecule has 28 heavy (non-hydrogen) atoms. The van der Waals surface area contributed by atoms with Gasteiger partial charge in [-0.05, 0) is 29.2 Å². The molecule has 2 saturated heterocycles. The number of amides is 1. The predicted octanol–water partition coefficient (Wildman–Crippen LogP) is 4.36. The Kier molecular flexibility index (Phi) is 4.91. The number of carbonyl (C=O) groups excluding carboxylic acids is 1. The Morgan fingerprint density at radius 3 is 2.29 bits per heavy atom. The van der Waals surface area contributed by atoms with Gasteiger partial charge in [0.1, 0.15) is 0 Å². The molecule has 2 heterocycles. The molecule has 0 unspecified atom stereocenters. The molecule has 2 aliphatic rings. The average molecular weight is 388 g/mol. The van der Waals surface area contributed by atoms with Crippen LogP contribution in [0.4, 0.5) is 13.2 Å². The van der Waals surface area contributed by atoms with Crippen LogP contribution in [0, 0.1) is 11.8 Å². The number of fused-ring (bicyclic) bond motifs is 1. The van der Waals surface area contributed by atoms with Crippen LogP contribution in [-0.2, 0) is 17.5 Å². The van der Waals surface area contributed by atoms with Crippen molar-refractivity contribution < 1.29 is 18.0 Å². The number of hydrogen-bond acceptors (Lipinski definition) is 2.